The highest BCUT2D eigenvalue weighted by atomic mass is 15.0. The number of imidazole rings is 1. The Bertz CT molecular complexity index is 751. The first-order chi connectivity index (χ1) is 10.1. The van der Waals surface area contributed by atoms with Crippen LogP contribution < -0.4 is 5.73 Å². The second-order valence-corrected chi connectivity index (χ2v) is 5.84. The van der Waals surface area contributed by atoms with E-state index in [1.807, 2.05) is 13.1 Å². The lowest BCUT2D eigenvalue weighted by Crippen LogP contribution is -2.34. The average Bonchev–Trinajstić information content (AvgIpc) is 2.97. The molecule has 2 aromatic carbocycles. The second kappa shape index (κ2) is 5.34. The third kappa shape index (κ3) is 2.57. The summed E-state index contributed by atoms with van der Waals surface area (Å²) in [6, 6.07) is 14.7. The van der Waals surface area contributed by atoms with Crippen LogP contribution in [0.15, 0.2) is 48.7 Å². The van der Waals surface area contributed by atoms with E-state index in [4.69, 9.17) is 5.73 Å². The fourth-order valence-electron chi connectivity index (χ4n) is 2.85. The van der Waals surface area contributed by atoms with E-state index >= 15 is 0 Å². The maximum absolute atomic E-state index is 6.36. The molecule has 3 heteroatoms. The molecular weight excluding hydrogens is 258 g/mol. The van der Waals surface area contributed by atoms with Crippen LogP contribution in [0, 0.1) is 0 Å². The van der Waals surface area contributed by atoms with Gasteiger partial charge in [0, 0.05) is 5.56 Å². The van der Waals surface area contributed by atoms with E-state index in [0.29, 0.717) is 0 Å². The third-order valence-corrected chi connectivity index (χ3v) is 3.97. The number of benzene rings is 2. The van der Waals surface area contributed by atoms with Gasteiger partial charge in [-0.1, -0.05) is 55.8 Å². The van der Waals surface area contributed by atoms with Gasteiger partial charge >= 0.3 is 0 Å². The standard InChI is InChI=1S/C18H21N3/c1-3-11-18(2,19)17-20-12-16(21-17)15-10-6-8-13-7-4-5-9-14(13)15/h4-10,12H,3,11,19H2,1-2H3,(H,20,21). The van der Waals surface area contributed by atoms with Crippen LogP contribution in [0.5, 0.6) is 0 Å². The van der Waals surface area contributed by atoms with Crippen molar-refractivity contribution in [2.24, 2.45) is 5.73 Å². The molecular formula is C18H21N3. The SMILES string of the molecule is CCCC(C)(N)c1ncc(-c2cccc3ccccc23)[nH]1. The lowest BCUT2D eigenvalue weighted by atomic mass is 9.97. The van der Waals surface area contributed by atoms with Crippen molar-refractivity contribution in [1.82, 2.24) is 9.97 Å². The van der Waals surface area contributed by atoms with Crippen LogP contribution in [0.1, 0.15) is 32.5 Å². The van der Waals surface area contributed by atoms with Gasteiger partial charge in [0.15, 0.2) is 0 Å². The van der Waals surface area contributed by atoms with Gasteiger partial charge in [0.05, 0.1) is 17.4 Å². The minimum absolute atomic E-state index is 0.405. The first-order valence-corrected chi connectivity index (χ1v) is 7.44. The largest absolute Gasteiger partial charge is 0.340 e. The molecule has 0 saturated carbocycles. The number of nitrogens with zero attached hydrogens (tertiary/aromatic N) is 1. The van der Waals surface area contributed by atoms with Crippen LogP contribution in [0.25, 0.3) is 22.0 Å². The fraction of sp³-hybridized carbons (Fsp3) is 0.278. The smallest absolute Gasteiger partial charge is 0.126 e. The summed E-state index contributed by atoms with van der Waals surface area (Å²) in [4.78, 5) is 7.92. The number of hydrogen-bond acceptors (Lipinski definition) is 2. The number of nitrogens with two attached hydrogens (primary N) is 1. The molecule has 1 aromatic heterocycles. The number of aromatic amines is 1. The van der Waals surface area contributed by atoms with Gasteiger partial charge in [0.1, 0.15) is 5.82 Å². The summed E-state index contributed by atoms with van der Waals surface area (Å²) in [6.07, 6.45) is 3.84. The minimum Gasteiger partial charge on any atom is -0.340 e. The van der Waals surface area contributed by atoms with Crippen molar-refractivity contribution >= 4 is 10.8 Å². The highest BCUT2D eigenvalue weighted by Gasteiger charge is 2.23. The van der Waals surface area contributed by atoms with E-state index in [1.165, 1.54) is 16.3 Å². The summed E-state index contributed by atoms with van der Waals surface area (Å²) in [7, 11) is 0. The lowest BCUT2D eigenvalue weighted by molar-refractivity contribution is 0.423. The predicted octanol–water partition coefficient (Wildman–Crippen LogP) is 4.20. The van der Waals surface area contributed by atoms with Crippen LogP contribution in [-0.2, 0) is 5.54 Å². The molecule has 3 aromatic rings. The molecule has 21 heavy (non-hydrogen) atoms. The molecule has 0 saturated heterocycles. The Morgan fingerprint density at radius 3 is 2.71 bits per heavy atom. The van der Waals surface area contributed by atoms with Crippen LogP contribution in [0.2, 0.25) is 0 Å². The van der Waals surface area contributed by atoms with Crippen LogP contribution in [-0.4, -0.2) is 9.97 Å². The normalized spacial score (nSPS) is 14.2. The zero-order valence-electron chi connectivity index (χ0n) is 12.6. The molecule has 1 heterocycles. The van der Waals surface area contributed by atoms with Crippen molar-refractivity contribution < 1.29 is 0 Å². The first-order valence-electron chi connectivity index (χ1n) is 7.44. The fourth-order valence-corrected chi connectivity index (χ4v) is 2.85. The molecule has 3 rings (SSSR count). The van der Waals surface area contributed by atoms with Crippen molar-refractivity contribution in [3.8, 4) is 11.3 Å². The molecule has 0 bridgehead atoms. The van der Waals surface area contributed by atoms with Crippen LogP contribution >= 0.6 is 0 Å². The van der Waals surface area contributed by atoms with E-state index in [9.17, 15) is 0 Å². The van der Waals surface area contributed by atoms with Gasteiger partial charge in [-0.2, -0.15) is 0 Å². The molecule has 3 nitrogen and oxygen atoms in total. The summed E-state index contributed by atoms with van der Waals surface area (Å²) in [5, 5.41) is 2.46. The predicted molar refractivity (Wildman–Crippen MR) is 88.0 cm³/mol. The van der Waals surface area contributed by atoms with Gasteiger partial charge in [0.25, 0.3) is 0 Å². The molecule has 0 fully saturated rings. The quantitative estimate of drug-likeness (QED) is 0.752. The van der Waals surface area contributed by atoms with Crippen LogP contribution in [0.4, 0.5) is 0 Å². The summed E-state index contributed by atoms with van der Waals surface area (Å²) in [5.74, 6) is 0.854. The Balaban J connectivity index is 2.07. The van der Waals surface area contributed by atoms with E-state index in [0.717, 1.165) is 24.4 Å². The van der Waals surface area contributed by atoms with Gasteiger partial charge in [-0.3, -0.25) is 0 Å². The van der Waals surface area contributed by atoms with Gasteiger partial charge in [-0.05, 0) is 24.1 Å². The average molecular weight is 279 g/mol. The lowest BCUT2D eigenvalue weighted by Gasteiger charge is -2.21. The maximum atomic E-state index is 6.36. The van der Waals surface area contributed by atoms with Gasteiger partial charge in [0.2, 0.25) is 0 Å². The first kappa shape index (κ1) is 13.8. The van der Waals surface area contributed by atoms with E-state index < -0.39 is 5.54 Å². The van der Waals surface area contributed by atoms with Crippen molar-refractivity contribution in [2.45, 2.75) is 32.2 Å². The van der Waals surface area contributed by atoms with Gasteiger partial charge in [-0.15, -0.1) is 0 Å². The van der Waals surface area contributed by atoms with E-state index in [2.05, 4.69) is 59.4 Å². The van der Waals surface area contributed by atoms with Crippen molar-refractivity contribution in [3.63, 3.8) is 0 Å². The summed E-state index contributed by atoms with van der Waals surface area (Å²) < 4.78 is 0. The van der Waals surface area contributed by atoms with E-state index in [-0.39, 0.29) is 0 Å². The maximum Gasteiger partial charge on any atom is 0.126 e. The Labute approximate surface area is 125 Å². The number of rotatable bonds is 4. The second-order valence-electron chi connectivity index (χ2n) is 5.84. The molecule has 0 aliphatic heterocycles. The van der Waals surface area contributed by atoms with Gasteiger partial charge in [-0.25, -0.2) is 4.98 Å². The number of H-pyrrole nitrogens is 1. The molecule has 3 N–H and O–H groups in total. The molecule has 0 spiro atoms. The molecule has 0 amide bonds. The van der Waals surface area contributed by atoms with Crippen molar-refractivity contribution in [3.05, 3.63) is 54.5 Å². The molecule has 0 aliphatic rings. The van der Waals surface area contributed by atoms with Gasteiger partial charge < -0.3 is 10.7 Å². The number of fused-ring (bicyclic) bond motifs is 1. The van der Waals surface area contributed by atoms with E-state index in [1.54, 1.807) is 0 Å². The third-order valence-electron chi connectivity index (χ3n) is 3.97. The molecule has 1 unspecified atom stereocenters. The highest BCUT2D eigenvalue weighted by molar-refractivity contribution is 5.95. The molecule has 0 radical (unpaired) electrons. The van der Waals surface area contributed by atoms with Crippen molar-refractivity contribution in [2.75, 3.05) is 0 Å². The summed E-state index contributed by atoms with van der Waals surface area (Å²) in [5.41, 5.74) is 8.14. The summed E-state index contributed by atoms with van der Waals surface area (Å²) in [6.45, 7) is 4.17. The minimum atomic E-state index is -0.405. The zero-order chi connectivity index (χ0) is 14.9. The summed E-state index contributed by atoms with van der Waals surface area (Å²) >= 11 is 0. The Morgan fingerprint density at radius 1 is 1.14 bits per heavy atom. The number of nitrogens with one attached hydrogen (secondary N) is 1. The topological polar surface area (TPSA) is 54.7 Å². The molecule has 1 atom stereocenters. The molecule has 0 aliphatic carbocycles. The monoisotopic (exact) mass is 279 g/mol. The number of aromatic nitrogens is 2. The Hall–Kier alpha value is -2.13. The van der Waals surface area contributed by atoms with Crippen LogP contribution in [0.3, 0.4) is 0 Å². The number of hydrogen-bond donors (Lipinski definition) is 2. The van der Waals surface area contributed by atoms with Crippen molar-refractivity contribution in [1.29, 1.82) is 0 Å². The zero-order valence-corrected chi connectivity index (χ0v) is 12.6. The molecule has 108 valence electrons. The Kier molecular flexibility index (Phi) is 3.52. The Morgan fingerprint density at radius 2 is 1.90 bits per heavy atom. The highest BCUT2D eigenvalue weighted by Crippen LogP contribution is 2.29.